The quantitative estimate of drug-likeness (QED) is 0.522. The van der Waals surface area contributed by atoms with Crippen LogP contribution in [0.25, 0.3) is 0 Å². The second kappa shape index (κ2) is 9.03. The molecule has 0 spiro atoms. The van der Waals surface area contributed by atoms with Gasteiger partial charge in [0.1, 0.15) is 6.54 Å². The molecule has 10 heteroatoms. The van der Waals surface area contributed by atoms with Crippen molar-refractivity contribution in [1.29, 1.82) is 0 Å². The summed E-state index contributed by atoms with van der Waals surface area (Å²) >= 11 is 0. The van der Waals surface area contributed by atoms with E-state index in [0.29, 0.717) is 19.0 Å². The number of hydrogen-bond donors (Lipinski definition) is 2. The first-order valence-corrected chi connectivity index (χ1v) is 10.8. The number of nitrogens with two attached hydrogens (primary N) is 1. The molecule has 31 heavy (non-hydrogen) atoms. The lowest BCUT2D eigenvalue weighted by atomic mass is 10.2. The molecule has 2 saturated heterocycles. The Balaban J connectivity index is 1.52. The van der Waals surface area contributed by atoms with E-state index in [-0.39, 0.29) is 29.5 Å². The molecule has 3 heterocycles. The predicted octanol–water partition coefficient (Wildman–Crippen LogP) is 0.486. The van der Waals surface area contributed by atoms with Gasteiger partial charge in [-0.05, 0) is 13.8 Å². The van der Waals surface area contributed by atoms with Gasteiger partial charge < -0.3 is 25.2 Å². The van der Waals surface area contributed by atoms with E-state index in [1.807, 2.05) is 24.8 Å². The molecule has 0 unspecified atom stereocenters. The fourth-order valence-electron chi connectivity index (χ4n) is 4.42. The molecular formula is C21H30N7O3+. The molecule has 0 saturated carbocycles. The van der Waals surface area contributed by atoms with Crippen LogP contribution >= 0.6 is 0 Å². The van der Waals surface area contributed by atoms with Crippen molar-refractivity contribution < 1.29 is 14.6 Å². The van der Waals surface area contributed by atoms with E-state index in [4.69, 9.17) is 10.5 Å². The van der Waals surface area contributed by atoms with Crippen LogP contribution in [0.4, 0.5) is 23.3 Å². The minimum Gasteiger partial charge on any atom is -0.378 e. The van der Waals surface area contributed by atoms with Crippen molar-refractivity contribution in [1.82, 2.24) is 9.97 Å². The largest absolute Gasteiger partial charge is 0.378 e. The molecule has 4 rings (SSSR count). The van der Waals surface area contributed by atoms with Gasteiger partial charge >= 0.3 is 5.69 Å². The highest BCUT2D eigenvalue weighted by Gasteiger charge is 2.33. The Labute approximate surface area is 181 Å². The number of anilines is 3. The molecule has 2 aliphatic heterocycles. The molecule has 2 fully saturated rings. The number of rotatable bonds is 5. The first kappa shape index (κ1) is 21.3. The lowest BCUT2D eigenvalue weighted by Crippen LogP contribution is -3.13. The summed E-state index contributed by atoms with van der Waals surface area (Å²) in [5, 5.41) is 11.7. The number of hydrogen-bond acceptors (Lipinski definition) is 8. The molecule has 2 aliphatic rings. The summed E-state index contributed by atoms with van der Waals surface area (Å²) in [6.07, 6.45) is -0.0961. The summed E-state index contributed by atoms with van der Waals surface area (Å²) in [5.74, 6) is 0.660. The van der Waals surface area contributed by atoms with Gasteiger partial charge in [-0.1, -0.05) is 30.3 Å². The van der Waals surface area contributed by atoms with Gasteiger partial charge in [-0.2, -0.15) is 9.97 Å². The highest BCUT2D eigenvalue weighted by molar-refractivity contribution is 5.71. The number of aromatic nitrogens is 2. The van der Waals surface area contributed by atoms with Crippen LogP contribution in [0.15, 0.2) is 30.3 Å². The normalized spacial score (nSPS) is 22.5. The van der Waals surface area contributed by atoms with Gasteiger partial charge in [-0.25, -0.2) is 0 Å². The van der Waals surface area contributed by atoms with Crippen molar-refractivity contribution in [2.45, 2.75) is 32.6 Å². The smallest absolute Gasteiger partial charge is 0.353 e. The first-order valence-electron chi connectivity index (χ1n) is 10.8. The Morgan fingerprint density at radius 1 is 1.13 bits per heavy atom. The van der Waals surface area contributed by atoms with Crippen molar-refractivity contribution in [2.24, 2.45) is 0 Å². The third-order valence-corrected chi connectivity index (χ3v) is 5.83. The Kier molecular flexibility index (Phi) is 6.19. The molecule has 0 amide bonds. The zero-order chi connectivity index (χ0) is 22.0. The van der Waals surface area contributed by atoms with Crippen molar-refractivity contribution in [2.75, 3.05) is 54.8 Å². The molecule has 0 radical (unpaired) electrons. The molecule has 2 aromatic rings. The van der Waals surface area contributed by atoms with Crippen molar-refractivity contribution in [3.63, 3.8) is 0 Å². The Morgan fingerprint density at radius 3 is 2.39 bits per heavy atom. The Hall–Kier alpha value is -2.98. The lowest BCUT2D eigenvalue weighted by molar-refractivity contribution is -0.914. The average Bonchev–Trinajstić information content (AvgIpc) is 2.73. The number of ether oxygens (including phenoxy) is 1. The van der Waals surface area contributed by atoms with E-state index in [2.05, 4.69) is 39.1 Å². The first-order chi connectivity index (χ1) is 14.9. The van der Waals surface area contributed by atoms with Crippen LogP contribution in [-0.2, 0) is 11.3 Å². The van der Waals surface area contributed by atoms with Crippen LogP contribution in [0.1, 0.15) is 19.4 Å². The fraction of sp³-hybridized carbons (Fsp3) is 0.524. The Morgan fingerprint density at radius 2 is 1.77 bits per heavy atom. The van der Waals surface area contributed by atoms with Crippen LogP contribution in [0.2, 0.25) is 0 Å². The third kappa shape index (κ3) is 4.86. The number of nitrogens with one attached hydrogen (secondary N) is 1. The molecule has 1 aromatic carbocycles. The number of morpholine rings is 1. The van der Waals surface area contributed by atoms with Gasteiger partial charge in [0.2, 0.25) is 17.6 Å². The number of benzene rings is 1. The number of nitrogens with zero attached hydrogens (tertiary/aromatic N) is 5. The van der Waals surface area contributed by atoms with E-state index >= 15 is 0 Å². The number of quaternary nitrogens is 1. The van der Waals surface area contributed by atoms with Gasteiger partial charge in [0, 0.05) is 18.7 Å². The van der Waals surface area contributed by atoms with E-state index in [0.717, 1.165) is 32.7 Å². The minimum atomic E-state index is -0.485. The lowest BCUT2D eigenvalue weighted by Gasteiger charge is -2.36. The molecule has 2 atom stereocenters. The molecule has 10 nitrogen and oxygen atoms in total. The highest BCUT2D eigenvalue weighted by atomic mass is 16.6. The summed E-state index contributed by atoms with van der Waals surface area (Å²) in [4.78, 5) is 25.6. The monoisotopic (exact) mass is 428 g/mol. The van der Waals surface area contributed by atoms with Gasteiger partial charge in [0.05, 0.1) is 43.3 Å². The summed E-state index contributed by atoms with van der Waals surface area (Å²) in [6.45, 7) is 9.36. The molecule has 1 aromatic heterocycles. The van der Waals surface area contributed by atoms with Gasteiger partial charge in [-0.3, -0.25) is 10.1 Å². The van der Waals surface area contributed by atoms with Crippen LogP contribution in [0.3, 0.4) is 0 Å². The maximum absolute atomic E-state index is 11.7. The summed E-state index contributed by atoms with van der Waals surface area (Å²) in [6, 6.07) is 10.5. The maximum atomic E-state index is 11.7. The second-order valence-corrected chi connectivity index (χ2v) is 8.40. The molecular weight excluding hydrogens is 398 g/mol. The summed E-state index contributed by atoms with van der Waals surface area (Å²) < 4.78 is 5.78. The average molecular weight is 429 g/mol. The molecule has 3 N–H and O–H groups in total. The summed E-state index contributed by atoms with van der Waals surface area (Å²) in [5.41, 5.74) is 7.15. The van der Waals surface area contributed by atoms with E-state index in [1.165, 1.54) is 10.5 Å². The Bertz CT molecular complexity index is 909. The van der Waals surface area contributed by atoms with Crippen LogP contribution in [-0.4, -0.2) is 66.4 Å². The molecule has 166 valence electrons. The molecule has 0 bridgehead atoms. The SMILES string of the molecule is C[C@H]1CN(c2nc(N3CC[NH+](Cc4ccccc4)CC3)nc(N)c2[N+](=O)[O-])C[C@H](C)O1. The van der Waals surface area contributed by atoms with Gasteiger partial charge in [0.25, 0.3) is 0 Å². The van der Waals surface area contributed by atoms with E-state index in [1.54, 1.807) is 0 Å². The number of nitro groups is 1. The highest BCUT2D eigenvalue weighted by Crippen LogP contribution is 2.34. The van der Waals surface area contributed by atoms with Gasteiger partial charge in [0.15, 0.2) is 0 Å². The summed E-state index contributed by atoms with van der Waals surface area (Å²) in [7, 11) is 0. The van der Waals surface area contributed by atoms with Crippen LogP contribution in [0, 0.1) is 10.1 Å². The standard InChI is InChI=1S/C21H29N7O3/c1-15-12-27(13-16(2)31-15)20-18(28(29)30)19(22)23-21(24-20)26-10-8-25(9-11-26)14-17-6-4-3-5-7-17/h3-7,15-16H,8-14H2,1-2H3,(H2,22,23,24)/p+1/t15-,16-/m0/s1. The zero-order valence-electron chi connectivity index (χ0n) is 18.0. The zero-order valence-corrected chi connectivity index (χ0v) is 18.0. The fourth-order valence-corrected chi connectivity index (χ4v) is 4.42. The van der Waals surface area contributed by atoms with Crippen LogP contribution in [0.5, 0.6) is 0 Å². The number of piperazine rings is 1. The van der Waals surface area contributed by atoms with E-state index < -0.39 is 4.92 Å². The number of nitrogen functional groups attached to an aromatic ring is 1. The van der Waals surface area contributed by atoms with Crippen molar-refractivity contribution in [3.05, 3.63) is 46.0 Å². The predicted molar refractivity (Wildman–Crippen MR) is 118 cm³/mol. The van der Waals surface area contributed by atoms with Crippen molar-refractivity contribution in [3.8, 4) is 0 Å². The minimum absolute atomic E-state index is 0.0480. The topological polar surface area (TPSA) is 115 Å². The van der Waals surface area contributed by atoms with Crippen molar-refractivity contribution >= 4 is 23.3 Å². The van der Waals surface area contributed by atoms with E-state index in [9.17, 15) is 10.1 Å². The maximum Gasteiger partial charge on any atom is 0.353 e. The second-order valence-electron chi connectivity index (χ2n) is 8.40. The van der Waals surface area contributed by atoms with Gasteiger partial charge in [-0.15, -0.1) is 0 Å². The van der Waals surface area contributed by atoms with Crippen LogP contribution < -0.4 is 20.4 Å². The molecule has 0 aliphatic carbocycles. The third-order valence-electron chi connectivity index (χ3n) is 5.83.